The highest BCUT2D eigenvalue weighted by Crippen LogP contribution is 2.29. The molecule has 1 fully saturated rings. The molecule has 1 aliphatic rings. The highest BCUT2D eigenvalue weighted by Gasteiger charge is 2.25. The number of fused-ring (bicyclic) bond motifs is 1. The molecule has 0 aliphatic carbocycles. The number of aromatic nitrogens is 3. The van der Waals surface area contributed by atoms with E-state index in [1.807, 2.05) is 30.3 Å². The number of anilines is 1. The molecule has 0 saturated carbocycles. The van der Waals surface area contributed by atoms with Crippen molar-refractivity contribution in [2.45, 2.75) is 44.4 Å². The van der Waals surface area contributed by atoms with Crippen molar-refractivity contribution in [2.75, 3.05) is 11.9 Å². The lowest BCUT2D eigenvalue weighted by Gasteiger charge is -2.20. The van der Waals surface area contributed by atoms with Crippen LogP contribution in [0.2, 0.25) is 0 Å². The van der Waals surface area contributed by atoms with Gasteiger partial charge in [0.05, 0.1) is 35.8 Å². The number of H-pyrrole nitrogens is 1. The Hall–Kier alpha value is -3.75. The molecule has 3 atom stereocenters. The number of nitrogens with zero attached hydrogens (tertiary/aromatic N) is 2. The van der Waals surface area contributed by atoms with Crippen molar-refractivity contribution in [3.63, 3.8) is 0 Å². The molecule has 3 heterocycles. The van der Waals surface area contributed by atoms with Gasteiger partial charge in [-0.1, -0.05) is 18.2 Å². The number of para-hydroxylation sites is 1. The minimum absolute atomic E-state index is 0.0177. The van der Waals surface area contributed by atoms with Crippen LogP contribution in [0.25, 0.3) is 11.0 Å². The maximum atomic E-state index is 13.4. The van der Waals surface area contributed by atoms with Crippen LogP contribution in [-0.2, 0) is 4.74 Å². The number of ketones is 1. The minimum Gasteiger partial charge on any atom is -0.457 e. The van der Waals surface area contributed by atoms with E-state index < -0.39 is 6.10 Å². The van der Waals surface area contributed by atoms with Gasteiger partial charge < -0.3 is 24.9 Å². The lowest BCUT2D eigenvalue weighted by Crippen LogP contribution is -2.29. The molecule has 1 aliphatic heterocycles. The second-order valence-electron chi connectivity index (χ2n) is 8.80. The Morgan fingerprint density at radius 2 is 1.89 bits per heavy atom. The largest absolute Gasteiger partial charge is 0.457 e. The summed E-state index contributed by atoms with van der Waals surface area (Å²) in [5, 5.41) is 14.0. The molecule has 8 heteroatoms. The number of aromatic amines is 1. The van der Waals surface area contributed by atoms with Gasteiger partial charge in [-0.2, -0.15) is 0 Å². The molecule has 8 nitrogen and oxygen atoms in total. The van der Waals surface area contributed by atoms with Crippen LogP contribution in [0.3, 0.4) is 0 Å². The van der Waals surface area contributed by atoms with Crippen LogP contribution in [0.15, 0.2) is 67.1 Å². The molecule has 2 aromatic heterocycles. The summed E-state index contributed by atoms with van der Waals surface area (Å²) in [4.78, 5) is 25.2. The molecular formula is C27H28N4O4. The zero-order valence-electron chi connectivity index (χ0n) is 19.5. The Labute approximate surface area is 203 Å². The molecule has 1 saturated heterocycles. The third-order valence-electron chi connectivity index (χ3n) is 6.24. The molecule has 5 rings (SSSR count). The maximum absolute atomic E-state index is 13.4. The topological polar surface area (TPSA) is 109 Å². The van der Waals surface area contributed by atoms with Gasteiger partial charge in [0.2, 0.25) is 0 Å². The quantitative estimate of drug-likeness (QED) is 0.334. The predicted molar refractivity (Wildman–Crippen MR) is 133 cm³/mol. The van der Waals surface area contributed by atoms with Gasteiger partial charge in [0, 0.05) is 11.8 Å². The summed E-state index contributed by atoms with van der Waals surface area (Å²) in [6, 6.07) is 16.6. The Morgan fingerprint density at radius 1 is 1.11 bits per heavy atom. The molecule has 0 unspecified atom stereocenters. The smallest absolute Gasteiger partial charge is 0.195 e. The summed E-state index contributed by atoms with van der Waals surface area (Å²) in [6.45, 7) is 2.21. The van der Waals surface area contributed by atoms with Crippen LogP contribution in [0, 0.1) is 0 Å². The molecule has 4 aromatic rings. The van der Waals surface area contributed by atoms with Crippen molar-refractivity contribution in [1.82, 2.24) is 15.0 Å². The zero-order valence-corrected chi connectivity index (χ0v) is 19.5. The van der Waals surface area contributed by atoms with Crippen LogP contribution in [0.4, 0.5) is 5.82 Å². The van der Waals surface area contributed by atoms with Crippen LogP contribution < -0.4 is 10.1 Å². The van der Waals surface area contributed by atoms with Gasteiger partial charge in [-0.15, -0.1) is 0 Å². The van der Waals surface area contributed by atoms with E-state index in [9.17, 15) is 9.90 Å². The molecule has 35 heavy (non-hydrogen) atoms. The highest BCUT2D eigenvalue weighted by molar-refractivity contribution is 6.18. The number of benzene rings is 2. The summed E-state index contributed by atoms with van der Waals surface area (Å²) in [6.07, 6.45) is 5.11. The number of ether oxygens (including phenoxy) is 2. The van der Waals surface area contributed by atoms with Gasteiger partial charge in [-0.3, -0.25) is 4.79 Å². The lowest BCUT2D eigenvalue weighted by molar-refractivity contribution is -0.0276. The SMILES string of the molecule is C[C@@H](O)[C@@H]1CCC[C@@H](Nc2ncnc3[nH]cc(C(=O)c4ccc(Oc5ccccc5)cc4)c23)CO1. The van der Waals surface area contributed by atoms with Gasteiger partial charge in [0.25, 0.3) is 0 Å². The summed E-state index contributed by atoms with van der Waals surface area (Å²) < 4.78 is 11.7. The number of hydrogen-bond acceptors (Lipinski definition) is 7. The second kappa shape index (κ2) is 10.2. The Bertz CT molecular complexity index is 1290. The zero-order chi connectivity index (χ0) is 24.2. The predicted octanol–water partition coefficient (Wildman–Crippen LogP) is 4.71. The number of carbonyl (C=O) groups excluding carboxylic acids is 1. The molecule has 0 bridgehead atoms. The molecule has 0 amide bonds. The fourth-order valence-electron chi connectivity index (χ4n) is 4.37. The molecular weight excluding hydrogens is 444 g/mol. The Kier molecular flexibility index (Phi) is 6.74. The molecule has 0 radical (unpaired) electrons. The van der Waals surface area contributed by atoms with Crippen molar-refractivity contribution in [1.29, 1.82) is 0 Å². The number of rotatable bonds is 7. The van der Waals surface area contributed by atoms with E-state index in [1.54, 1.807) is 37.4 Å². The number of carbonyl (C=O) groups is 1. The monoisotopic (exact) mass is 472 g/mol. The van der Waals surface area contributed by atoms with E-state index in [0.29, 0.717) is 40.3 Å². The average Bonchev–Trinajstić information content (AvgIpc) is 3.17. The lowest BCUT2D eigenvalue weighted by atomic mass is 10.0. The highest BCUT2D eigenvalue weighted by atomic mass is 16.5. The van der Waals surface area contributed by atoms with E-state index in [-0.39, 0.29) is 17.9 Å². The van der Waals surface area contributed by atoms with E-state index in [4.69, 9.17) is 9.47 Å². The second-order valence-corrected chi connectivity index (χ2v) is 8.80. The Morgan fingerprint density at radius 3 is 2.66 bits per heavy atom. The molecule has 3 N–H and O–H groups in total. The van der Waals surface area contributed by atoms with Gasteiger partial charge in [-0.25, -0.2) is 9.97 Å². The van der Waals surface area contributed by atoms with Crippen molar-refractivity contribution in [2.24, 2.45) is 0 Å². The number of hydrogen-bond donors (Lipinski definition) is 3. The number of aliphatic hydroxyl groups is 1. The van der Waals surface area contributed by atoms with Crippen molar-refractivity contribution < 1.29 is 19.4 Å². The minimum atomic E-state index is -0.502. The normalized spacial score (nSPS) is 19.1. The van der Waals surface area contributed by atoms with Crippen LogP contribution in [-0.4, -0.2) is 50.7 Å². The molecule has 180 valence electrons. The van der Waals surface area contributed by atoms with Gasteiger partial charge in [-0.05, 0) is 62.6 Å². The summed E-state index contributed by atoms with van der Waals surface area (Å²) in [7, 11) is 0. The van der Waals surface area contributed by atoms with Crippen LogP contribution in [0.1, 0.15) is 42.1 Å². The molecule has 0 spiro atoms. The first-order chi connectivity index (χ1) is 17.1. The van der Waals surface area contributed by atoms with E-state index in [1.165, 1.54) is 6.33 Å². The van der Waals surface area contributed by atoms with Crippen LogP contribution >= 0.6 is 0 Å². The number of aliphatic hydroxyl groups excluding tert-OH is 1. The first-order valence-corrected chi connectivity index (χ1v) is 11.8. The van der Waals surface area contributed by atoms with Gasteiger partial charge in [0.1, 0.15) is 29.3 Å². The fourth-order valence-corrected chi connectivity index (χ4v) is 4.37. The first-order valence-electron chi connectivity index (χ1n) is 11.8. The fraction of sp³-hybridized carbons (Fsp3) is 0.296. The Balaban J connectivity index is 1.36. The molecule has 2 aromatic carbocycles. The maximum Gasteiger partial charge on any atom is 0.195 e. The summed E-state index contributed by atoms with van der Waals surface area (Å²) in [5.74, 6) is 1.85. The van der Waals surface area contributed by atoms with Crippen LogP contribution in [0.5, 0.6) is 11.5 Å². The van der Waals surface area contributed by atoms with Crippen molar-refractivity contribution in [3.8, 4) is 11.5 Å². The summed E-state index contributed by atoms with van der Waals surface area (Å²) >= 11 is 0. The van der Waals surface area contributed by atoms with E-state index >= 15 is 0 Å². The third-order valence-corrected chi connectivity index (χ3v) is 6.24. The van der Waals surface area contributed by atoms with E-state index in [2.05, 4.69) is 20.3 Å². The first kappa shape index (κ1) is 23.0. The third kappa shape index (κ3) is 5.18. The van der Waals surface area contributed by atoms with Gasteiger partial charge >= 0.3 is 0 Å². The van der Waals surface area contributed by atoms with Crippen molar-refractivity contribution in [3.05, 3.63) is 78.2 Å². The van der Waals surface area contributed by atoms with E-state index in [0.717, 1.165) is 25.0 Å². The standard InChI is InChI=1S/C27H28N4O4/c1-17(32)23-9-5-6-19(15-34-23)31-27-24-22(14-28-26(24)29-16-30-27)25(33)18-10-12-21(13-11-18)35-20-7-3-2-4-8-20/h2-4,7-8,10-14,16-17,19,23,32H,5-6,9,15H2,1H3,(H2,28,29,30,31)/t17-,19-,23+/m1/s1. The van der Waals surface area contributed by atoms with Crippen molar-refractivity contribution >= 4 is 22.6 Å². The average molecular weight is 473 g/mol. The summed E-state index contributed by atoms with van der Waals surface area (Å²) in [5.41, 5.74) is 1.63. The van der Waals surface area contributed by atoms with Gasteiger partial charge in [0.15, 0.2) is 5.78 Å². The number of nitrogens with one attached hydrogen (secondary N) is 2.